The fraction of sp³-hybridized carbons (Fsp3) is 0.429. The van der Waals surface area contributed by atoms with Gasteiger partial charge in [0.05, 0.1) is 18.2 Å². The molecule has 0 amide bonds. The van der Waals surface area contributed by atoms with Gasteiger partial charge in [0.25, 0.3) is 0 Å². The van der Waals surface area contributed by atoms with Gasteiger partial charge in [0.15, 0.2) is 18.5 Å². The molecule has 0 aromatic heterocycles. The minimum absolute atomic E-state index is 0.00149. The van der Waals surface area contributed by atoms with E-state index in [1.165, 1.54) is 6.92 Å². The molecule has 0 aliphatic carbocycles. The first-order chi connectivity index (χ1) is 9.99. The second kappa shape index (κ2) is 6.66. The van der Waals surface area contributed by atoms with Crippen molar-refractivity contribution in [3.8, 4) is 0 Å². The van der Waals surface area contributed by atoms with Crippen LogP contribution in [0.3, 0.4) is 0 Å². The monoisotopic (exact) mass is 295 g/mol. The molecule has 0 saturated carbocycles. The second-order valence-electron chi connectivity index (χ2n) is 4.70. The van der Waals surface area contributed by atoms with Crippen molar-refractivity contribution < 1.29 is 28.9 Å². The Bertz CT molecular complexity index is 505. The van der Waals surface area contributed by atoms with E-state index in [0.717, 1.165) is 0 Å². The van der Waals surface area contributed by atoms with Gasteiger partial charge in [0, 0.05) is 6.92 Å². The van der Waals surface area contributed by atoms with E-state index in [4.69, 9.17) is 19.9 Å². The van der Waals surface area contributed by atoms with Gasteiger partial charge in [-0.15, -0.1) is 0 Å². The van der Waals surface area contributed by atoms with Crippen molar-refractivity contribution in [3.05, 3.63) is 35.9 Å². The number of aliphatic hydroxyl groups is 1. The van der Waals surface area contributed by atoms with E-state index in [1.54, 1.807) is 30.3 Å². The predicted octanol–water partition coefficient (Wildman–Crippen LogP) is -0.180. The first kappa shape index (κ1) is 15.4. The van der Waals surface area contributed by atoms with Crippen LogP contribution in [0.4, 0.5) is 0 Å². The number of rotatable bonds is 3. The number of carbonyl (C=O) groups is 2. The molecule has 1 aliphatic rings. The highest BCUT2D eigenvalue weighted by Crippen LogP contribution is 2.20. The first-order valence-corrected chi connectivity index (χ1v) is 6.47. The van der Waals surface area contributed by atoms with Crippen LogP contribution in [0.1, 0.15) is 17.3 Å². The molecule has 4 atom stereocenters. The topological polar surface area (TPSA) is 108 Å². The number of esters is 2. The van der Waals surface area contributed by atoms with Gasteiger partial charge in [-0.2, -0.15) is 0 Å². The van der Waals surface area contributed by atoms with Crippen molar-refractivity contribution in [2.45, 2.75) is 31.5 Å². The molecule has 0 radical (unpaired) electrons. The lowest BCUT2D eigenvalue weighted by Crippen LogP contribution is -2.59. The van der Waals surface area contributed by atoms with E-state index in [1.807, 2.05) is 0 Å². The summed E-state index contributed by atoms with van der Waals surface area (Å²) in [4.78, 5) is 23.2. The average molecular weight is 295 g/mol. The molecule has 3 N–H and O–H groups in total. The molecule has 0 bridgehead atoms. The molecule has 7 heteroatoms. The van der Waals surface area contributed by atoms with Crippen LogP contribution in [-0.4, -0.2) is 48.2 Å². The summed E-state index contributed by atoms with van der Waals surface area (Å²) in [5.74, 6) is -1.24. The zero-order valence-electron chi connectivity index (χ0n) is 11.5. The van der Waals surface area contributed by atoms with Crippen LogP contribution in [0.2, 0.25) is 0 Å². The van der Waals surface area contributed by atoms with Crippen molar-refractivity contribution >= 4 is 11.9 Å². The third kappa shape index (κ3) is 3.78. The summed E-state index contributed by atoms with van der Waals surface area (Å²) < 4.78 is 15.3. The van der Waals surface area contributed by atoms with Crippen LogP contribution in [-0.2, 0) is 19.0 Å². The van der Waals surface area contributed by atoms with E-state index in [0.29, 0.717) is 5.56 Å². The Morgan fingerprint density at radius 1 is 1.24 bits per heavy atom. The molecule has 1 aromatic carbocycles. The standard InChI is InChI=1S/C14H17NO6/c1-8(16)20-11-10(15)7-19-14(18)12(11)21-13(17)9-5-3-2-4-6-9/h2-6,10-12,14,18H,7,15H2,1H3/t10-,11-,12-,14-/m0/s1. The fourth-order valence-corrected chi connectivity index (χ4v) is 2.04. The summed E-state index contributed by atoms with van der Waals surface area (Å²) in [6, 6.07) is 7.57. The summed E-state index contributed by atoms with van der Waals surface area (Å²) >= 11 is 0. The Morgan fingerprint density at radius 3 is 2.52 bits per heavy atom. The quantitative estimate of drug-likeness (QED) is 0.745. The molecular formula is C14H17NO6. The second-order valence-corrected chi connectivity index (χ2v) is 4.70. The molecular weight excluding hydrogens is 278 g/mol. The Balaban J connectivity index is 2.13. The van der Waals surface area contributed by atoms with Crippen LogP contribution >= 0.6 is 0 Å². The Kier molecular flexibility index (Phi) is 4.89. The van der Waals surface area contributed by atoms with Gasteiger partial charge in [-0.1, -0.05) is 18.2 Å². The highest BCUT2D eigenvalue weighted by molar-refractivity contribution is 5.89. The molecule has 0 unspecified atom stereocenters. The van der Waals surface area contributed by atoms with Gasteiger partial charge in [0.1, 0.15) is 0 Å². The summed E-state index contributed by atoms with van der Waals surface area (Å²) in [5, 5.41) is 9.82. The number of aliphatic hydroxyl groups excluding tert-OH is 1. The van der Waals surface area contributed by atoms with Gasteiger partial charge in [-0.05, 0) is 12.1 Å². The summed E-state index contributed by atoms with van der Waals surface area (Å²) in [6.07, 6.45) is -3.54. The summed E-state index contributed by atoms with van der Waals surface area (Å²) in [6.45, 7) is 1.21. The number of hydrogen-bond donors (Lipinski definition) is 2. The highest BCUT2D eigenvalue weighted by atomic mass is 16.7. The first-order valence-electron chi connectivity index (χ1n) is 6.47. The third-order valence-corrected chi connectivity index (χ3v) is 3.04. The van der Waals surface area contributed by atoms with E-state index in [2.05, 4.69) is 0 Å². The molecule has 2 rings (SSSR count). The van der Waals surface area contributed by atoms with Crippen LogP contribution in [0.25, 0.3) is 0 Å². The molecule has 0 spiro atoms. The molecule has 7 nitrogen and oxygen atoms in total. The maximum atomic E-state index is 12.0. The lowest BCUT2D eigenvalue weighted by Gasteiger charge is -2.37. The normalized spacial score (nSPS) is 28.7. The molecule has 114 valence electrons. The maximum Gasteiger partial charge on any atom is 0.338 e. The third-order valence-electron chi connectivity index (χ3n) is 3.04. The van der Waals surface area contributed by atoms with Crippen molar-refractivity contribution in [3.63, 3.8) is 0 Å². The lowest BCUT2D eigenvalue weighted by molar-refractivity contribution is -0.233. The Hall–Kier alpha value is -1.96. The van der Waals surface area contributed by atoms with Crippen molar-refractivity contribution in [2.75, 3.05) is 6.61 Å². The predicted molar refractivity (Wildman–Crippen MR) is 71.1 cm³/mol. The number of benzene rings is 1. The van der Waals surface area contributed by atoms with Crippen molar-refractivity contribution in [1.29, 1.82) is 0 Å². The summed E-state index contributed by atoms with van der Waals surface area (Å²) in [5.41, 5.74) is 6.10. The van der Waals surface area contributed by atoms with Crippen LogP contribution in [0, 0.1) is 0 Å². The van der Waals surface area contributed by atoms with E-state index < -0.39 is 36.5 Å². The minimum Gasteiger partial charge on any atom is -0.457 e. The number of ether oxygens (including phenoxy) is 3. The average Bonchev–Trinajstić information content (AvgIpc) is 2.47. The van der Waals surface area contributed by atoms with Crippen LogP contribution < -0.4 is 5.73 Å². The van der Waals surface area contributed by atoms with Gasteiger partial charge in [-0.25, -0.2) is 4.79 Å². The summed E-state index contributed by atoms with van der Waals surface area (Å²) in [7, 11) is 0. The van der Waals surface area contributed by atoms with Crippen LogP contribution in [0.15, 0.2) is 30.3 Å². The van der Waals surface area contributed by atoms with Gasteiger partial charge in [-0.3, -0.25) is 4.79 Å². The number of hydrogen-bond acceptors (Lipinski definition) is 7. The maximum absolute atomic E-state index is 12.0. The molecule has 1 aromatic rings. The molecule has 21 heavy (non-hydrogen) atoms. The zero-order valence-corrected chi connectivity index (χ0v) is 11.5. The highest BCUT2D eigenvalue weighted by Gasteiger charge is 2.43. The zero-order chi connectivity index (χ0) is 15.4. The number of carbonyl (C=O) groups excluding carboxylic acids is 2. The lowest BCUT2D eigenvalue weighted by atomic mass is 10.0. The minimum atomic E-state index is -1.40. The van der Waals surface area contributed by atoms with E-state index >= 15 is 0 Å². The SMILES string of the molecule is CC(=O)O[C@@H]1[C@H](OC(=O)c2ccccc2)[C@@H](O)OC[C@@H]1N. The molecule has 1 fully saturated rings. The smallest absolute Gasteiger partial charge is 0.338 e. The van der Waals surface area contributed by atoms with Gasteiger partial charge >= 0.3 is 11.9 Å². The Morgan fingerprint density at radius 2 is 1.90 bits per heavy atom. The largest absolute Gasteiger partial charge is 0.457 e. The Labute approximate surface area is 121 Å². The van der Waals surface area contributed by atoms with Crippen molar-refractivity contribution in [2.24, 2.45) is 5.73 Å². The molecule has 1 aliphatic heterocycles. The van der Waals surface area contributed by atoms with Crippen molar-refractivity contribution in [1.82, 2.24) is 0 Å². The van der Waals surface area contributed by atoms with E-state index in [9.17, 15) is 14.7 Å². The van der Waals surface area contributed by atoms with Gasteiger partial charge in [0.2, 0.25) is 0 Å². The molecule has 1 heterocycles. The van der Waals surface area contributed by atoms with Crippen LogP contribution in [0.5, 0.6) is 0 Å². The molecule has 1 saturated heterocycles. The number of nitrogens with two attached hydrogens (primary N) is 1. The van der Waals surface area contributed by atoms with E-state index in [-0.39, 0.29) is 6.61 Å². The fourth-order valence-electron chi connectivity index (χ4n) is 2.04. The van der Waals surface area contributed by atoms with Gasteiger partial charge < -0.3 is 25.1 Å².